The average molecular weight is 312 g/mol. The summed E-state index contributed by atoms with van der Waals surface area (Å²) in [6.07, 6.45) is -6.21. The van der Waals surface area contributed by atoms with Gasteiger partial charge >= 0.3 is 6.18 Å². The Morgan fingerprint density at radius 1 is 1.10 bits per heavy atom. The number of rotatable bonds is 3. The second-order valence-electron chi connectivity index (χ2n) is 5.77. The molecule has 0 aliphatic carbocycles. The zero-order valence-electron chi connectivity index (χ0n) is 11.7. The van der Waals surface area contributed by atoms with Crippen LogP contribution < -0.4 is 5.73 Å². The Morgan fingerprint density at radius 3 is 1.90 bits per heavy atom. The standard InChI is InChI=1S/C14H20F3NO.ClH/c1-13(2,3)10-6-4-9(5-7-10)11(19)8-12(18)14(15,16)17;/h4-7,11-12,19H,8,18H2,1-3H3;1H/t11-,12+;/m1./s1. The molecule has 3 N–H and O–H groups in total. The lowest BCUT2D eigenvalue weighted by molar-refractivity contribution is -0.153. The largest absolute Gasteiger partial charge is 0.403 e. The highest BCUT2D eigenvalue weighted by Crippen LogP contribution is 2.28. The number of benzene rings is 1. The molecule has 2 atom stereocenters. The van der Waals surface area contributed by atoms with Crippen LogP contribution in [0.15, 0.2) is 24.3 Å². The van der Waals surface area contributed by atoms with E-state index < -0.39 is 24.7 Å². The summed E-state index contributed by atoms with van der Waals surface area (Å²) < 4.78 is 36.9. The highest BCUT2D eigenvalue weighted by molar-refractivity contribution is 5.85. The summed E-state index contributed by atoms with van der Waals surface area (Å²) in [4.78, 5) is 0. The third-order valence-corrected chi connectivity index (χ3v) is 3.06. The zero-order chi connectivity index (χ0) is 14.8. The monoisotopic (exact) mass is 311 g/mol. The van der Waals surface area contributed by atoms with E-state index in [1.807, 2.05) is 32.9 Å². The van der Waals surface area contributed by atoms with Gasteiger partial charge in [0.15, 0.2) is 0 Å². The molecule has 1 aromatic carbocycles. The highest BCUT2D eigenvalue weighted by atomic mass is 35.5. The van der Waals surface area contributed by atoms with E-state index in [0.717, 1.165) is 5.56 Å². The first kappa shape index (κ1) is 19.2. The van der Waals surface area contributed by atoms with Crippen LogP contribution in [0.2, 0.25) is 0 Å². The van der Waals surface area contributed by atoms with Crippen molar-refractivity contribution < 1.29 is 18.3 Å². The fourth-order valence-electron chi connectivity index (χ4n) is 1.72. The van der Waals surface area contributed by atoms with Crippen LogP contribution in [0.3, 0.4) is 0 Å². The van der Waals surface area contributed by atoms with Crippen LogP contribution in [0.1, 0.15) is 44.4 Å². The van der Waals surface area contributed by atoms with Crippen molar-refractivity contribution in [2.75, 3.05) is 0 Å². The second kappa shape index (κ2) is 6.78. The topological polar surface area (TPSA) is 46.2 Å². The molecule has 6 heteroatoms. The van der Waals surface area contributed by atoms with E-state index in [9.17, 15) is 18.3 Å². The van der Waals surface area contributed by atoms with E-state index in [4.69, 9.17) is 5.73 Å². The molecule has 0 aliphatic rings. The van der Waals surface area contributed by atoms with Gasteiger partial charge in [-0.05, 0) is 16.5 Å². The minimum atomic E-state index is -4.48. The van der Waals surface area contributed by atoms with Gasteiger partial charge in [-0.2, -0.15) is 13.2 Å². The van der Waals surface area contributed by atoms with Crippen molar-refractivity contribution in [2.45, 2.75) is 50.9 Å². The van der Waals surface area contributed by atoms with Gasteiger partial charge in [-0.3, -0.25) is 0 Å². The summed E-state index contributed by atoms with van der Waals surface area (Å²) in [6.45, 7) is 6.12. The Balaban J connectivity index is 0.00000361. The maximum Gasteiger partial charge on any atom is 0.403 e. The maximum atomic E-state index is 12.3. The van der Waals surface area contributed by atoms with Crippen LogP contribution in [0.25, 0.3) is 0 Å². The summed E-state index contributed by atoms with van der Waals surface area (Å²) in [7, 11) is 0. The Kier molecular flexibility index (Phi) is 6.52. The molecule has 0 saturated heterocycles. The fraction of sp³-hybridized carbons (Fsp3) is 0.571. The summed E-state index contributed by atoms with van der Waals surface area (Å²) in [5.74, 6) is 0. The molecule has 1 aromatic rings. The molecule has 0 heterocycles. The van der Waals surface area contributed by atoms with Crippen LogP contribution in [-0.4, -0.2) is 17.3 Å². The highest BCUT2D eigenvalue weighted by Gasteiger charge is 2.37. The molecule has 0 unspecified atom stereocenters. The number of aliphatic hydroxyl groups is 1. The van der Waals surface area contributed by atoms with Crippen molar-refractivity contribution >= 4 is 12.4 Å². The Bertz CT molecular complexity index is 412. The number of halogens is 4. The molecule has 0 radical (unpaired) electrons. The van der Waals surface area contributed by atoms with Gasteiger partial charge in [0.05, 0.1) is 6.10 Å². The van der Waals surface area contributed by atoms with Crippen molar-refractivity contribution in [1.29, 1.82) is 0 Å². The third-order valence-electron chi connectivity index (χ3n) is 3.06. The van der Waals surface area contributed by atoms with Gasteiger partial charge in [0.25, 0.3) is 0 Å². The van der Waals surface area contributed by atoms with Gasteiger partial charge in [-0.15, -0.1) is 12.4 Å². The zero-order valence-corrected chi connectivity index (χ0v) is 12.6. The van der Waals surface area contributed by atoms with Crippen LogP contribution in [-0.2, 0) is 5.41 Å². The molecular formula is C14H21ClF3NO. The molecule has 116 valence electrons. The first-order valence-corrected chi connectivity index (χ1v) is 6.12. The predicted molar refractivity (Wildman–Crippen MR) is 76.0 cm³/mol. The minimum absolute atomic E-state index is 0. The third kappa shape index (κ3) is 5.31. The molecule has 20 heavy (non-hydrogen) atoms. The second-order valence-corrected chi connectivity index (χ2v) is 5.77. The summed E-state index contributed by atoms with van der Waals surface area (Å²) in [5.41, 5.74) is 6.48. The number of aliphatic hydroxyl groups excluding tert-OH is 1. The van der Waals surface area contributed by atoms with Crippen LogP contribution in [0.5, 0.6) is 0 Å². The smallest absolute Gasteiger partial charge is 0.388 e. The average Bonchev–Trinajstić information content (AvgIpc) is 2.26. The van der Waals surface area contributed by atoms with Crippen molar-refractivity contribution in [3.8, 4) is 0 Å². The fourth-order valence-corrected chi connectivity index (χ4v) is 1.72. The van der Waals surface area contributed by atoms with E-state index >= 15 is 0 Å². The van der Waals surface area contributed by atoms with Crippen molar-refractivity contribution in [3.63, 3.8) is 0 Å². The van der Waals surface area contributed by atoms with E-state index in [-0.39, 0.29) is 17.8 Å². The molecule has 0 fully saturated rings. The van der Waals surface area contributed by atoms with Crippen molar-refractivity contribution in [3.05, 3.63) is 35.4 Å². The number of hydrogen-bond acceptors (Lipinski definition) is 2. The molecule has 1 rings (SSSR count). The number of alkyl halides is 3. The van der Waals surface area contributed by atoms with Crippen LogP contribution in [0, 0.1) is 0 Å². The SMILES string of the molecule is CC(C)(C)c1ccc([C@H](O)C[C@H](N)C(F)(F)F)cc1.Cl. The molecular weight excluding hydrogens is 291 g/mol. The van der Waals surface area contributed by atoms with E-state index in [1.165, 1.54) is 0 Å². The van der Waals surface area contributed by atoms with Gasteiger partial charge in [0.2, 0.25) is 0 Å². The van der Waals surface area contributed by atoms with Crippen LogP contribution >= 0.6 is 12.4 Å². The predicted octanol–water partition coefficient (Wildman–Crippen LogP) is 3.72. The molecule has 0 aromatic heterocycles. The van der Waals surface area contributed by atoms with E-state index in [0.29, 0.717) is 5.56 Å². The molecule has 0 amide bonds. The maximum absolute atomic E-state index is 12.3. The molecule has 0 bridgehead atoms. The summed E-state index contributed by atoms with van der Waals surface area (Å²) in [6, 6.07) is 4.92. The number of hydrogen-bond donors (Lipinski definition) is 2. The van der Waals surface area contributed by atoms with Gasteiger partial charge in [-0.25, -0.2) is 0 Å². The van der Waals surface area contributed by atoms with E-state index in [1.54, 1.807) is 12.1 Å². The van der Waals surface area contributed by atoms with Gasteiger partial charge in [0, 0.05) is 6.42 Å². The van der Waals surface area contributed by atoms with E-state index in [2.05, 4.69) is 0 Å². The van der Waals surface area contributed by atoms with Gasteiger partial charge < -0.3 is 10.8 Å². The Morgan fingerprint density at radius 2 is 1.55 bits per heavy atom. The summed E-state index contributed by atoms with van der Waals surface area (Å²) >= 11 is 0. The quantitative estimate of drug-likeness (QED) is 0.893. The van der Waals surface area contributed by atoms with Gasteiger partial charge in [-0.1, -0.05) is 45.0 Å². The lowest BCUT2D eigenvalue weighted by atomic mass is 9.86. The Hall–Kier alpha value is -0.780. The molecule has 0 saturated carbocycles. The van der Waals surface area contributed by atoms with Crippen molar-refractivity contribution in [2.24, 2.45) is 5.73 Å². The first-order valence-electron chi connectivity index (χ1n) is 6.12. The number of nitrogens with two attached hydrogens (primary N) is 1. The summed E-state index contributed by atoms with van der Waals surface area (Å²) in [5, 5.41) is 9.77. The Labute approximate surface area is 123 Å². The van der Waals surface area contributed by atoms with Gasteiger partial charge in [0.1, 0.15) is 6.04 Å². The van der Waals surface area contributed by atoms with Crippen molar-refractivity contribution in [1.82, 2.24) is 0 Å². The van der Waals surface area contributed by atoms with Crippen LogP contribution in [0.4, 0.5) is 13.2 Å². The molecule has 2 nitrogen and oxygen atoms in total. The lowest BCUT2D eigenvalue weighted by Crippen LogP contribution is -2.38. The lowest BCUT2D eigenvalue weighted by Gasteiger charge is -2.21. The minimum Gasteiger partial charge on any atom is -0.388 e. The normalized spacial score (nSPS) is 15.4. The first-order chi connectivity index (χ1) is 8.51. The molecule has 0 spiro atoms. The molecule has 0 aliphatic heterocycles.